The van der Waals surface area contributed by atoms with Gasteiger partial charge in [-0.25, -0.2) is 9.37 Å². The first-order chi connectivity index (χ1) is 16.5. The maximum atomic E-state index is 13.5. The van der Waals surface area contributed by atoms with Gasteiger partial charge in [-0.2, -0.15) is 0 Å². The lowest BCUT2D eigenvalue weighted by molar-refractivity contribution is 0.0737. The van der Waals surface area contributed by atoms with Crippen LogP contribution >= 0.6 is 11.3 Å². The van der Waals surface area contributed by atoms with Gasteiger partial charge in [0.25, 0.3) is 11.8 Å². The summed E-state index contributed by atoms with van der Waals surface area (Å²) in [7, 11) is 0. The number of furan rings is 1. The van der Waals surface area contributed by atoms with E-state index in [9.17, 15) is 14.0 Å². The van der Waals surface area contributed by atoms with Crippen LogP contribution in [0.3, 0.4) is 0 Å². The maximum Gasteiger partial charge on any atom is 0.274 e. The number of nitrogens with zero attached hydrogens (tertiary/aromatic N) is 2. The zero-order valence-corrected chi connectivity index (χ0v) is 19.1. The number of hydrogen-bond donors (Lipinski definition) is 2. The molecule has 1 aliphatic carbocycles. The normalized spacial score (nSPS) is 13.2. The summed E-state index contributed by atoms with van der Waals surface area (Å²) in [6, 6.07) is 13.0. The SMILES string of the molecule is Nc1nc(C(=O)N(CCNC(=O)c2cccc3occc23)CC2CC2)c(-c2ccc(F)cc2)s1. The fourth-order valence-electron chi connectivity index (χ4n) is 3.91. The molecule has 2 heterocycles. The van der Waals surface area contributed by atoms with Crippen molar-refractivity contribution in [1.29, 1.82) is 0 Å². The number of benzene rings is 2. The third-order valence-corrected chi connectivity index (χ3v) is 6.76. The molecule has 1 fully saturated rings. The van der Waals surface area contributed by atoms with Gasteiger partial charge in [-0.1, -0.05) is 29.5 Å². The van der Waals surface area contributed by atoms with Crippen LogP contribution in [-0.2, 0) is 0 Å². The minimum absolute atomic E-state index is 0.226. The van der Waals surface area contributed by atoms with Gasteiger partial charge >= 0.3 is 0 Å². The van der Waals surface area contributed by atoms with Crippen LogP contribution in [0.5, 0.6) is 0 Å². The van der Waals surface area contributed by atoms with E-state index in [4.69, 9.17) is 10.2 Å². The molecule has 0 radical (unpaired) electrons. The highest BCUT2D eigenvalue weighted by molar-refractivity contribution is 7.19. The Hall–Kier alpha value is -3.72. The number of nitrogen functional groups attached to an aromatic ring is 1. The quantitative estimate of drug-likeness (QED) is 0.387. The molecule has 0 atom stereocenters. The monoisotopic (exact) mass is 478 g/mol. The maximum absolute atomic E-state index is 13.5. The van der Waals surface area contributed by atoms with E-state index < -0.39 is 0 Å². The Morgan fingerprint density at radius 2 is 1.97 bits per heavy atom. The molecule has 4 aromatic rings. The van der Waals surface area contributed by atoms with E-state index in [2.05, 4.69) is 10.3 Å². The van der Waals surface area contributed by atoms with Crippen LogP contribution in [-0.4, -0.2) is 41.3 Å². The molecule has 9 heteroatoms. The highest BCUT2D eigenvalue weighted by atomic mass is 32.1. The van der Waals surface area contributed by atoms with Crippen LogP contribution in [0.15, 0.2) is 59.2 Å². The number of aromatic nitrogens is 1. The molecule has 34 heavy (non-hydrogen) atoms. The lowest BCUT2D eigenvalue weighted by Gasteiger charge is -2.22. The van der Waals surface area contributed by atoms with Gasteiger partial charge in [0.1, 0.15) is 17.1 Å². The fraction of sp³-hybridized carbons (Fsp3) is 0.240. The van der Waals surface area contributed by atoms with E-state index in [0.717, 1.165) is 18.2 Å². The van der Waals surface area contributed by atoms with Crippen LogP contribution in [0, 0.1) is 11.7 Å². The number of amides is 2. The molecule has 2 aromatic heterocycles. The third kappa shape index (κ3) is 4.65. The van der Waals surface area contributed by atoms with Gasteiger partial charge < -0.3 is 20.4 Å². The molecule has 1 saturated carbocycles. The summed E-state index contributed by atoms with van der Waals surface area (Å²) in [5.41, 5.74) is 8.05. The van der Waals surface area contributed by atoms with Gasteiger partial charge in [-0.15, -0.1) is 0 Å². The highest BCUT2D eigenvalue weighted by Gasteiger charge is 2.30. The van der Waals surface area contributed by atoms with Crippen molar-refractivity contribution in [3.8, 4) is 10.4 Å². The van der Waals surface area contributed by atoms with Crippen LogP contribution < -0.4 is 11.1 Å². The standard InChI is InChI=1S/C25H23FN4O3S/c26-17-8-6-16(7-9-17)22-21(29-25(27)34-22)24(32)30(14-15-4-5-15)12-11-28-23(31)19-2-1-3-20-18(19)10-13-33-20/h1-3,6-10,13,15H,4-5,11-12,14H2,(H2,27,29)(H,28,31). The van der Waals surface area contributed by atoms with Crippen LogP contribution in [0.4, 0.5) is 9.52 Å². The first-order valence-corrected chi connectivity index (χ1v) is 11.9. The summed E-state index contributed by atoms with van der Waals surface area (Å²) >= 11 is 1.20. The van der Waals surface area contributed by atoms with Crippen molar-refractivity contribution < 1.29 is 18.4 Å². The van der Waals surface area contributed by atoms with Gasteiger partial charge in [0.05, 0.1) is 16.7 Å². The molecule has 0 aliphatic heterocycles. The summed E-state index contributed by atoms with van der Waals surface area (Å²) in [6.45, 7) is 1.21. The number of nitrogens with two attached hydrogens (primary N) is 1. The lowest BCUT2D eigenvalue weighted by atomic mass is 10.1. The molecule has 0 saturated heterocycles. The zero-order valence-electron chi connectivity index (χ0n) is 18.3. The van der Waals surface area contributed by atoms with Gasteiger partial charge in [0, 0.05) is 25.0 Å². The Labute approximate surface area is 199 Å². The second-order valence-corrected chi connectivity index (χ2v) is 9.36. The number of hydrogen-bond acceptors (Lipinski definition) is 6. The average Bonchev–Trinajstić information content (AvgIpc) is 3.36. The van der Waals surface area contributed by atoms with Crippen LogP contribution in [0.25, 0.3) is 21.4 Å². The summed E-state index contributed by atoms with van der Waals surface area (Å²) < 4.78 is 18.8. The molecule has 7 nitrogen and oxygen atoms in total. The minimum atomic E-state index is -0.355. The second kappa shape index (κ2) is 9.26. The number of anilines is 1. The topological polar surface area (TPSA) is 101 Å². The van der Waals surface area contributed by atoms with E-state index in [1.807, 2.05) is 0 Å². The van der Waals surface area contributed by atoms with Gasteiger partial charge in [0.15, 0.2) is 5.13 Å². The molecular formula is C25H23FN4O3S. The summed E-state index contributed by atoms with van der Waals surface area (Å²) in [6.07, 6.45) is 3.70. The van der Waals surface area contributed by atoms with E-state index >= 15 is 0 Å². The number of thiazole rings is 1. The number of fused-ring (bicyclic) bond motifs is 1. The number of carbonyl (C=O) groups is 2. The number of halogens is 1. The summed E-state index contributed by atoms with van der Waals surface area (Å²) in [5.74, 6) is -0.378. The van der Waals surface area contributed by atoms with Gasteiger partial charge in [0.2, 0.25) is 0 Å². The predicted molar refractivity (Wildman–Crippen MR) is 129 cm³/mol. The first-order valence-electron chi connectivity index (χ1n) is 11.1. The molecular weight excluding hydrogens is 455 g/mol. The van der Waals surface area contributed by atoms with Crippen molar-refractivity contribution in [3.63, 3.8) is 0 Å². The zero-order chi connectivity index (χ0) is 23.7. The molecule has 174 valence electrons. The first kappa shape index (κ1) is 22.1. The molecule has 3 N–H and O–H groups in total. The minimum Gasteiger partial charge on any atom is -0.464 e. The Balaban J connectivity index is 1.31. The summed E-state index contributed by atoms with van der Waals surface area (Å²) in [5, 5.41) is 3.93. The summed E-state index contributed by atoms with van der Waals surface area (Å²) in [4.78, 5) is 32.9. The van der Waals surface area contributed by atoms with Crippen LogP contribution in [0.1, 0.15) is 33.7 Å². The van der Waals surface area contributed by atoms with E-state index in [1.165, 1.54) is 23.5 Å². The van der Waals surface area contributed by atoms with Crippen molar-refractivity contribution >= 4 is 39.3 Å². The smallest absolute Gasteiger partial charge is 0.274 e. The van der Waals surface area contributed by atoms with E-state index in [1.54, 1.807) is 47.6 Å². The van der Waals surface area contributed by atoms with Crippen LogP contribution in [0.2, 0.25) is 0 Å². The number of carbonyl (C=O) groups excluding carboxylic acids is 2. The highest BCUT2D eigenvalue weighted by Crippen LogP contribution is 2.34. The van der Waals surface area contributed by atoms with Crippen molar-refractivity contribution in [2.75, 3.05) is 25.4 Å². The van der Waals surface area contributed by atoms with E-state index in [0.29, 0.717) is 40.6 Å². The molecule has 2 amide bonds. The van der Waals surface area contributed by atoms with Crippen molar-refractivity contribution in [1.82, 2.24) is 15.2 Å². The molecule has 5 rings (SSSR count). The molecule has 1 aliphatic rings. The Kier molecular flexibility index (Phi) is 6.02. The molecule has 0 bridgehead atoms. The number of nitrogens with one attached hydrogen (secondary N) is 1. The lowest BCUT2D eigenvalue weighted by Crippen LogP contribution is -2.40. The van der Waals surface area contributed by atoms with Crippen molar-refractivity contribution in [3.05, 3.63) is 71.9 Å². The molecule has 2 aromatic carbocycles. The second-order valence-electron chi connectivity index (χ2n) is 8.33. The average molecular weight is 479 g/mol. The molecule has 0 unspecified atom stereocenters. The van der Waals surface area contributed by atoms with Gasteiger partial charge in [-0.05, 0) is 54.7 Å². The van der Waals surface area contributed by atoms with Crippen molar-refractivity contribution in [2.24, 2.45) is 5.92 Å². The largest absolute Gasteiger partial charge is 0.464 e. The number of rotatable bonds is 8. The fourth-order valence-corrected chi connectivity index (χ4v) is 4.74. The van der Waals surface area contributed by atoms with E-state index in [-0.39, 0.29) is 35.0 Å². The van der Waals surface area contributed by atoms with Crippen molar-refractivity contribution in [2.45, 2.75) is 12.8 Å². The Morgan fingerprint density at radius 1 is 1.18 bits per heavy atom. The third-order valence-electron chi connectivity index (χ3n) is 5.82. The Bertz CT molecular complexity index is 1340. The Morgan fingerprint density at radius 3 is 2.74 bits per heavy atom. The van der Waals surface area contributed by atoms with Gasteiger partial charge in [-0.3, -0.25) is 9.59 Å². The molecule has 0 spiro atoms. The predicted octanol–water partition coefficient (Wildman–Crippen LogP) is 4.56.